The minimum Gasteiger partial charge on any atom is -0.395 e. The van der Waals surface area contributed by atoms with Crippen LogP contribution in [0.2, 0.25) is 0 Å². The molecule has 4 aromatic carbocycles. The van der Waals surface area contributed by atoms with Crippen molar-refractivity contribution < 1.29 is 101 Å². The number of aromatic nitrogens is 2. The minimum atomic E-state index is -4.01. The molecule has 20 heteroatoms. The van der Waals surface area contributed by atoms with Crippen LogP contribution in [0.4, 0.5) is 26.3 Å². The first kappa shape index (κ1) is 40.2. The number of ether oxygens (including phenoxy) is 4. The number of carbonyl (C=O) groups is 2. The summed E-state index contributed by atoms with van der Waals surface area (Å²) in [6.07, 6.45) is -18.3. The normalized spacial score (nSPS) is 22.8. The number of carbonyl (C=O) groups excluding carboxylic acids is 2. The number of nitrogens with zero attached hydrogens (tertiary/aromatic N) is 2. The van der Waals surface area contributed by atoms with Gasteiger partial charge in [0.25, 0.3) is 0 Å². The van der Waals surface area contributed by atoms with Gasteiger partial charge in [0.1, 0.15) is 23.2 Å². The quantitative estimate of drug-likeness (QED) is 0.0476. The van der Waals surface area contributed by atoms with Crippen molar-refractivity contribution in [3.63, 3.8) is 0 Å². The molecule has 10 rings (SSSR count). The van der Waals surface area contributed by atoms with Crippen LogP contribution in [0.25, 0.3) is 21.8 Å². The van der Waals surface area contributed by atoms with Gasteiger partial charge in [-0.15, -0.1) is 17.6 Å². The van der Waals surface area contributed by atoms with Crippen molar-refractivity contribution in [3.05, 3.63) is 118 Å². The van der Waals surface area contributed by atoms with Gasteiger partial charge in [-0.2, -0.15) is 0 Å². The SMILES string of the molecule is [2H]C([2H])(O)C(C)(C)c1cc2cc(CC(=O)C3(c4ccc5c(c4)OC(F)(F)O5)C([2H])([2H])C3([2H])[2H])c(F)cc2n1C[C@@H](O)CO.[2H]C([2H])(O)C(C)(C)c1cc2cc(CC(=O)C3(c4ccc5c(c4)OC(F)(F)O5)CC3)c(F)cc2n1C[C@]([2H])(O)C([2H])([2H])O. The lowest BCUT2D eigenvalue weighted by Gasteiger charge is -2.25. The van der Waals surface area contributed by atoms with Crippen molar-refractivity contribution in [2.75, 3.05) is 26.3 Å². The summed E-state index contributed by atoms with van der Waals surface area (Å²) in [5.41, 5.74) is -6.86. The maximum absolute atomic E-state index is 15.6. The van der Waals surface area contributed by atoms with Crippen LogP contribution in [0.3, 0.4) is 0 Å². The fraction of sp³-hybridized carbons (Fsp3) is 0.444. The summed E-state index contributed by atoms with van der Waals surface area (Å²) in [6, 6.07) is 14.4. The van der Waals surface area contributed by atoms with E-state index in [1.54, 1.807) is 0 Å². The number of hydrogen-bond donors (Lipinski definition) is 6. The number of alkyl halides is 4. The molecule has 0 bridgehead atoms. The first-order chi connectivity index (χ1) is 38.7. The van der Waals surface area contributed by atoms with Gasteiger partial charge in [-0.1, -0.05) is 39.8 Å². The summed E-state index contributed by atoms with van der Waals surface area (Å²) in [5.74, 6) is -4.59. The van der Waals surface area contributed by atoms with Crippen LogP contribution >= 0.6 is 0 Å². The van der Waals surface area contributed by atoms with E-state index in [0.717, 1.165) is 34.9 Å². The summed E-state index contributed by atoms with van der Waals surface area (Å²) < 4.78 is 193. The van der Waals surface area contributed by atoms with E-state index in [-0.39, 0.29) is 73.7 Å². The third kappa shape index (κ3) is 9.83. The van der Waals surface area contributed by atoms with Crippen molar-refractivity contribution in [2.24, 2.45) is 0 Å². The second-order valence-electron chi connectivity index (χ2n) is 19.6. The second kappa shape index (κ2) is 18.9. The Bertz CT molecular complexity index is 3690. The lowest BCUT2D eigenvalue weighted by atomic mass is 9.87. The van der Waals surface area contributed by atoms with E-state index in [9.17, 15) is 57.8 Å². The summed E-state index contributed by atoms with van der Waals surface area (Å²) >= 11 is 0. The largest absolute Gasteiger partial charge is 0.586 e. The number of benzene rings is 4. The highest BCUT2D eigenvalue weighted by molar-refractivity contribution is 5.97. The predicted molar refractivity (Wildman–Crippen MR) is 255 cm³/mol. The molecule has 2 fully saturated rings. The molecule has 4 heterocycles. The molecule has 4 aliphatic rings. The van der Waals surface area contributed by atoms with Crippen molar-refractivity contribution >= 4 is 33.4 Å². The van der Waals surface area contributed by atoms with E-state index in [4.69, 9.17) is 15.1 Å². The maximum Gasteiger partial charge on any atom is 0.586 e. The molecule has 6 aromatic rings. The highest BCUT2D eigenvalue weighted by Gasteiger charge is 2.54. The molecule has 2 aromatic heterocycles. The fourth-order valence-corrected chi connectivity index (χ4v) is 9.34. The van der Waals surface area contributed by atoms with Gasteiger partial charge < -0.3 is 58.7 Å². The van der Waals surface area contributed by atoms with Crippen LogP contribution in [-0.2, 0) is 57.2 Å². The number of rotatable bonds is 18. The second-order valence-corrected chi connectivity index (χ2v) is 19.6. The third-order valence-electron chi connectivity index (χ3n) is 13.6. The lowest BCUT2D eigenvalue weighted by molar-refractivity contribution is -0.287. The van der Waals surface area contributed by atoms with Crippen LogP contribution in [0.5, 0.6) is 23.0 Å². The fourth-order valence-electron chi connectivity index (χ4n) is 9.34. The Hall–Kier alpha value is -6.16. The van der Waals surface area contributed by atoms with Crippen LogP contribution in [0.1, 0.15) is 102 Å². The molecule has 0 spiro atoms. The Kier molecular flexibility index (Phi) is 10.3. The van der Waals surface area contributed by atoms with Crippen LogP contribution in [0.15, 0.2) is 72.8 Å². The molecule has 0 radical (unpaired) electrons. The van der Waals surface area contributed by atoms with E-state index >= 15 is 8.78 Å². The Morgan fingerprint density at radius 3 is 1.47 bits per heavy atom. The Morgan fingerprint density at radius 1 is 0.649 bits per heavy atom. The first-order valence-electron chi connectivity index (χ1n) is 28.4. The number of fused-ring (bicyclic) bond motifs is 4. The summed E-state index contributed by atoms with van der Waals surface area (Å²) in [6.45, 7) is -5.58. The smallest absolute Gasteiger partial charge is 0.395 e. The molecular weight excluding hydrogens is 983 g/mol. The number of halogens is 6. The predicted octanol–water partition coefficient (Wildman–Crippen LogP) is 7.14. The molecule has 2 atom stereocenters. The molecule has 2 aliphatic heterocycles. The van der Waals surface area contributed by atoms with Crippen molar-refractivity contribution in [3.8, 4) is 23.0 Å². The molecule has 2 aliphatic carbocycles. The van der Waals surface area contributed by atoms with E-state index in [1.165, 1.54) is 74.7 Å². The molecule has 0 amide bonds. The Balaban J connectivity index is 0.000000204. The standard InChI is InChI=1S/2C27H28F3NO6/c2*1-25(2,14-33)23-8-16-7-15(19(28)11-20(16)31(23)12-18(34)13-32)9-24(35)26(5-6-26)17-3-4-21-22(10-17)37-27(29,30)36-21/h2*3-4,7-8,10-11,18,32-34H,5-6,9,12-14H2,1-2H3/t2*18-/m10/s1/i5D2,6D2,14D2;13D2,14D2,18D. The highest BCUT2D eigenvalue weighted by atomic mass is 19.3. The molecule has 396 valence electrons. The summed E-state index contributed by atoms with van der Waals surface area (Å²) in [7, 11) is 0. The Morgan fingerprint density at radius 2 is 1.07 bits per heavy atom. The summed E-state index contributed by atoms with van der Waals surface area (Å²) in [4.78, 5) is 27.2. The average molecular weight is 1050 g/mol. The number of ketones is 2. The monoisotopic (exact) mass is 1050 g/mol. The van der Waals surface area contributed by atoms with E-state index < -0.39 is 134 Å². The van der Waals surface area contributed by atoms with Crippen LogP contribution < -0.4 is 18.9 Å². The Labute approximate surface area is 435 Å². The van der Waals surface area contributed by atoms with Gasteiger partial charge in [-0.3, -0.25) is 9.59 Å². The first-order valence-corrected chi connectivity index (χ1v) is 22.9. The zero-order valence-corrected chi connectivity index (χ0v) is 39.8. The number of Topliss-reactive ketones (excluding diaryl/α,β-unsaturated/α-hetero) is 2. The molecular formula is C54H56F6N2O12. The van der Waals surface area contributed by atoms with Crippen LogP contribution in [-0.4, -0.2) is 102 Å². The van der Waals surface area contributed by atoms with Gasteiger partial charge in [-0.05, 0) is 109 Å². The third-order valence-corrected chi connectivity index (χ3v) is 13.6. The van der Waals surface area contributed by atoms with E-state index in [0.29, 0.717) is 18.4 Å². The zero-order valence-electron chi connectivity index (χ0n) is 50.8. The number of aliphatic hydroxyl groups excluding tert-OH is 2. The molecule has 0 unspecified atom stereocenters. The van der Waals surface area contributed by atoms with Crippen LogP contribution in [0, 0.1) is 11.6 Å². The molecule has 2 saturated carbocycles. The van der Waals surface area contributed by atoms with Gasteiger partial charge >= 0.3 is 12.6 Å². The van der Waals surface area contributed by atoms with Crippen molar-refractivity contribution in [1.29, 1.82) is 0 Å². The topological polar surface area (TPSA) is 202 Å². The number of aliphatic hydroxyl groups is 6. The van der Waals surface area contributed by atoms with Crippen molar-refractivity contribution in [1.82, 2.24) is 9.13 Å². The molecule has 0 saturated heterocycles. The molecule has 6 N–H and O–H groups in total. The average Bonchev–Trinajstić information content (AvgIpc) is 1.47. The zero-order chi connectivity index (χ0) is 63.4. The molecule has 74 heavy (non-hydrogen) atoms. The lowest BCUT2D eigenvalue weighted by Crippen LogP contribution is -2.29. The van der Waals surface area contributed by atoms with Gasteiger partial charge in [0.05, 0.1) is 83.0 Å². The molecule has 14 nitrogen and oxygen atoms in total. The maximum atomic E-state index is 15.6. The van der Waals surface area contributed by atoms with Gasteiger partial charge in [0.2, 0.25) is 0 Å². The van der Waals surface area contributed by atoms with E-state index in [1.807, 2.05) is 0 Å². The minimum absolute atomic E-state index is 0.0104. The van der Waals surface area contributed by atoms with Gasteiger partial charge in [-0.25, -0.2) is 8.78 Å². The van der Waals surface area contributed by atoms with Gasteiger partial charge in [0.15, 0.2) is 23.0 Å². The highest BCUT2D eigenvalue weighted by Crippen LogP contribution is 2.54. The van der Waals surface area contributed by atoms with Gasteiger partial charge in [0, 0.05) is 51.3 Å². The van der Waals surface area contributed by atoms with E-state index in [2.05, 4.69) is 18.9 Å². The number of hydrogen-bond acceptors (Lipinski definition) is 12. The van der Waals surface area contributed by atoms with Crippen molar-refractivity contribution in [2.45, 2.75) is 126 Å². The summed E-state index contributed by atoms with van der Waals surface area (Å²) in [5, 5.41) is 60.5.